The second-order valence-corrected chi connectivity index (χ2v) is 10.7. The summed E-state index contributed by atoms with van der Waals surface area (Å²) < 4.78 is 454. The zero-order valence-corrected chi connectivity index (χ0v) is 25.6. The monoisotopic (exact) mass is 932 g/mol. The molecule has 0 aromatic carbocycles. The number of ether oxygens (including phenoxy) is 1. The molecular weight excluding hydrogens is 923 g/mol. The van der Waals surface area contributed by atoms with E-state index < -0.39 is 119 Å². The molecule has 0 N–H and O–H groups in total. The molecule has 0 aliphatic heterocycles. The Bertz CT molecular complexity index is 1510. The molecule has 0 heterocycles. The van der Waals surface area contributed by atoms with Crippen LogP contribution in [-0.4, -0.2) is 108 Å². The number of rotatable bonds is 16. The zero-order chi connectivity index (χ0) is 47.3. The maximum absolute atomic E-state index is 14.6. The van der Waals surface area contributed by atoms with Crippen molar-refractivity contribution in [3.63, 3.8) is 0 Å². The van der Waals surface area contributed by atoms with Crippen LogP contribution in [0.25, 0.3) is 0 Å². The summed E-state index contributed by atoms with van der Waals surface area (Å²) in [5, 5.41) is 0. The highest BCUT2D eigenvalue weighted by Crippen LogP contribution is 2.70. The lowest BCUT2D eigenvalue weighted by molar-refractivity contribution is -0.489. The van der Waals surface area contributed by atoms with Gasteiger partial charge in [-0.15, -0.1) is 0 Å². The average molecular weight is 932 g/mol. The van der Waals surface area contributed by atoms with E-state index in [9.17, 15) is 150 Å². The van der Waals surface area contributed by atoms with Crippen LogP contribution in [0.4, 0.5) is 145 Å². The second kappa shape index (κ2) is 13.7. The van der Waals surface area contributed by atoms with Gasteiger partial charge in [-0.3, -0.25) is 0 Å². The highest BCUT2D eigenvalue weighted by atomic mass is 19.4. The van der Waals surface area contributed by atoms with Gasteiger partial charge in [0.2, 0.25) is 0 Å². The molecule has 1 atom stereocenters. The zero-order valence-electron chi connectivity index (χ0n) is 25.6. The average Bonchev–Trinajstić information content (AvgIpc) is 2.98. The number of carbonyl (C=O) groups is 1. The van der Waals surface area contributed by atoms with Crippen molar-refractivity contribution in [2.45, 2.75) is 109 Å². The molecule has 35 heteroatoms. The molecule has 340 valence electrons. The van der Waals surface area contributed by atoms with E-state index in [0.717, 1.165) is 0 Å². The molecule has 0 fully saturated rings. The van der Waals surface area contributed by atoms with E-state index in [4.69, 9.17) is 0 Å². The number of halogens is 33. The van der Waals surface area contributed by atoms with Gasteiger partial charge in [-0.25, -0.2) is 9.18 Å². The first kappa shape index (κ1) is 53.9. The Balaban J connectivity index is 7.93. The lowest BCUT2D eigenvalue weighted by atomic mass is 9.81. The van der Waals surface area contributed by atoms with E-state index in [-0.39, 0.29) is 6.92 Å². The molecule has 0 radical (unpaired) electrons. The molecule has 2 nitrogen and oxygen atoms in total. The summed E-state index contributed by atoms with van der Waals surface area (Å²) in [6.07, 6.45) is -18.7. The van der Waals surface area contributed by atoms with Gasteiger partial charge in [0.25, 0.3) is 5.67 Å². The fraction of sp³-hybridized carbons (Fsp3) is 0.864. The Kier molecular flexibility index (Phi) is 13.0. The van der Waals surface area contributed by atoms with Crippen LogP contribution in [0.1, 0.15) is 13.8 Å². The van der Waals surface area contributed by atoms with E-state index in [2.05, 4.69) is 4.74 Å². The summed E-state index contributed by atoms with van der Waals surface area (Å²) in [6, 6.07) is 0. The first-order valence-electron chi connectivity index (χ1n) is 12.7. The van der Waals surface area contributed by atoms with Crippen LogP contribution in [-0.2, 0) is 9.53 Å². The van der Waals surface area contributed by atoms with Gasteiger partial charge in [0.15, 0.2) is 0 Å². The van der Waals surface area contributed by atoms with E-state index in [0.29, 0.717) is 6.92 Å². The second-order valence-electron chi connectivity index (χ2n) is 10.7. The third-order valence-electron chi connectivity index (χ3n) is 6.97. The quantitative estimate of drug-likeness (QED) is 0.0876. The Labute approximate surface area is 288 Å². The highest BCUT2D eigenvalue weighted by molar-refractivity contribution is 5.88. The first-order valence-corrected chi connectivity index (χ1v) is 12.7. The number of alkyl halides is 33. The van der Waals surface area contributed by atoms with Crippen LogP contribution < -0.4 is 0 Å². The molecule has 0 bridgehead atoms. The Morgan fingerprint density at radius 1 is 0.351 bits per heavy atom. The molecule has 0 aromatic rings. The molecule has 0 amide bonds. The van der Waals surface area contributed by atoms with Gasteiger partial charge in [0.1, 0.15) is 0 Å². The van der Waals surface area contributed by atoms with Crippen LogP contribution in [0, 0.1) is 0 Å². The lowest BCUT2D eigenvalue weighted by Crippen LogP contribution is -2.80. The summed E-state index contributed by atoms with van der Waals surface area (Å²) in [5.74, 6) is -130. The largest absolute Gasteiger partial charge is 0.463 e. The fourth-order valence-corrected chi connectivity index (χ4v) is 3.53. The van der Waals surface area contributed by atoms with Crippen molar-refractivity contribution in [1.82, 2.24) is 0 Å². The smallest absolute Gasteiger partial charge is 0.460 e. The van der Waals surface area contributed by atoms with Crippen LogP contribution in [0.15, 0.2) is 11.6 Å². The maximum Gasteiger partial charge on any atom is 0.460 e. The minimum absolute atomic E-state index is 0.381. The molecule has 0 aromatic heterocycles. The summed E-state index contributed by atoms with van der Waals surface area (Å²) >= 11 is 0. The van der Waals surface area contributed by atoms with Gasteiger partial charge < -0.3 is 4.74 Å². The number of allylic oxidation sites excluding steroid dienone is 1. The Morgan fingerprint density at radius 2 is 0.544 bits per heavy atom. The minimum atomic E-state index is -10.2. The molecule has 1 unspecified atom stereocenters. The van der Waals surface area contributed by atoms with Crippen molar-refractivity contribution in [2.24, 2.45) is 0 Å². The van der Waals surface area contributed by atoms with E-state index in [1.807, 2.05) is 0 Å². The van der Waals surface area contributed by atoms with Gasteiger partial charge >= 0.3 is 95.3 Å². The van der Waals surface area contributed by atoms with Gasteiger partial charge in [-0.1, -0.05) is 0 Å². The Hall–Kier alpha value is -3.10. The predicted octanol–water partition coefficient (Wildman–Crippen LogP) is 11.6. The van der Waals surface area contributed by atoms with Crippen molar-refractivity contribution < 1.29 is 154 Å². The molecule has 57 heavy (non-hydrogen) atoms. The molecule has 0 rings (SSSR count). The molecule has 0 saturated carbocycles. The van der Waals surface area contributed by atoms with Crippen LogP contribution in [0.3, 0.4) is 0 Å². The van der Waals surface area contributed by atoms with Gasteiger partial charge in [-0.05, 0) is 19.9 Å². The van der Waals surface area contributed by atoms with Crippen molar-refractivity contribution >= 4 is 5.97 Å². The summed E-state index contributed by atoms with van der Waals surface area (Å²) in [5.41, 5.74) is -10.3. The maximum atomic E-state index is 14.6. The van der Waals surface area contributed by atoms with Gasteiger partial charge in [-0.2, -0.15) is 140 Å². The fourth-order valence-electron chi connectivity index (χ4n) is 3.53. The normalized spacial score (nSPS) is 17.8. The number of hydrogen-bond donors (Lipinski definition) is 0. The first-order chi connectivity index (χ1) is 24.1. The third kappa shape index (κ3) is 6.62. The summed E-state index contributed by atoms with van der Waals surface area (Å²) in [7, 11) is 0. The number of esters is 1. The minimum Gasteiger partial charge on any atom is -0.463 e. The lowest BCUT2D eigenvalue weighted by Gasteiger charge is -2.47. The number of carbonyl (C=O) groups excluding carboxylic acids is 1. The third-order valence-corrected chi connectivity index (χ3v) is 6.97. The van der Waals surface area contributed by atoms with Gasteiger partial charge in [0.05, 0.1) is 6.61 Å². The van der Waals surface area contributed by atoms with Crippen LogP contribution in [0.2, 0.25) is 0 Å². The Morgan fingerprint density at radius 3 is 0.719 bits per heavy atom. The summed E-state index contributed by atoms with van der Waals surface area (Å²) in [6.45, 7) is -0.779. The molecule has 0 aliphatic carbocycles. The molecule has 0 saturated heterocycles. The van der Waals surface area contributed by atoms with Gasteiger partial charge in [0, 0.05) is 5.57 Å². The predicted molar refractivity (Wildman–Crippen MR) is 111 cm³/mol. The molecular formula is C22H9F33O2. The highest BCUT2D eigenvalue weighted by Gasteiger charge is 3.01. The molecule has 0 spiro atoms. The van der Waals surface area contributed by atoms with Crippen molar-refractivity contribution in [3.8, 4) is 0 Å². The van der Waals surface area contributed by atoms with Crippen LogP contribution >= 0.6 is 0 Å². The van der Waals surface area contributed by atoms with Crippen molar-refractivity contribution in [1.29, 1.82) is 0 Å². The van der Waals surface area contributed by atoms with Crippen molar-refractivity contribution in [2.75, 3.05) is 6.61 Å². The van der Waals surface area contributed by atoms with E-state index in [1.165, 1.54) is 0 Å². The topological polar surface area (TPSA) is 26.3 Å². The molecule has 0 aliphatic rings. The van der Waals surface area contributed by atoms with E-state index in [1.54, 1.807) is 0 Å². The van der Waals surface area contributed by atoms with Crippen molar-refractivity contribution in [3.05, 3.63) is 11.6 Å². The van der Waals surface area contributed by atoms with E-state index >= 15 is 0 Å². The SMILES string of the molecule is CCOC(=O)C(C)=CC(F)(C(F)(F)F)C(F)(F)C(F)(F)C(F)(F)C(F)(F)C(F)(F)C(F)(F)C(F)(F)C(F)(F)C(F)(F)C(F)(F)C(F)(F)C(F)(F)C(F)(F)C(F)(F)F. The van der Waals surface area contributed by atoms with Crippen LogP contribution in [0.5, 0.6) is 0 Å². The standard InChI is InChI=1S/C22H9F33O2/c1-3-57-6(56)5(2)4-7(23,21(50,51)52)8(24,25)9(26,27)10(28,29)11(30,31)12(32,33)13(34,35)14(36,37)15(38,39)16(40,41)17(42,43)18(44,45)19(46,47)20(48,49)22(53,54)55/h4H,3H2,1-2H3. The number of hydrogen-bond acceptors (Lipinski definition) is 2. The summed E-state index contributed by atoms with van der Waals surface area (Å²) in [4.78, 5) is 11.3.